The van der Waals surface area contributed by atoms with Gasteiger partial charge in [0.2, 0.25) is 0 Å². The first kappa shape index (κ1) is 17.1. The summed E-state index contributed by atoms with van der Waals surface area (Å²) in [7, 11) is 0. The van der Waals surface area contributed by atoms with Crippen LogP contribution in [0.15, 0.2) is 91.0 Å². The molecule has 0 spiro atoms. The minimum absolute atomic E-state index is 0.310. The van der Waals surface area contributed by atoms with Crippen molar-refractivity contribution in [3.8, 4) is 0 Å². The molecule has 0 aliphatic rings. The van der Waals surface area contributed by atoms with Gasteiger partial charge in [0.15, 0.2) is 5.82 Å². The zero-order valence-corrected chi connectivity index (χ0v) is 15.1. The fourth-order valence-electron chi connectivity index (χ4n) is 3.62. The van der Waals surface area contributed by atoms with Gasteiger partial charge in [0.25, 0.3) is 0 Å². The van der Waals surface area contributed by atoms with Crippen molar-refractivity contribution in [2.24, 2.45) is 5.73 Å². The molecule has 1 unspecified atom stereocenters. The van der Waals surface area contributed by atoms with Gasteiger partial charge >= 0.3 is 0 Å². The second-order valence-corrected chi connectivity index (χ2v) is 6.55. The maximum Gasteiger partial charge on any atom is 0.169 e. The Labute approximate surface area is 158 Å². The number of hydrogen-bond acceptors (Lipinski definition) is 4. The van der Waals surface area contributed by atoms with Gasteiger partial charge in [-0.2, -0.15) is 0 Å². The molecule has 0 aliphatic heterocycles. The highest BCUT2D eigenvalue weighted by Gasteiger charge is 2.41. The van der Waals surface area contributed by atoms with E-state index in [1.807, 2.05) is 66.2 Å². The van der Waals surface area contributed by atoms with Gasteiger partial charge in [-0.15, -0.1) is 5.10 Å². The molecule has 0 fully saturated rings. The minimum atomic E-state index is -0.726. The number of hydrogen-bond donors (Lipinski definition) is 1. The van der Waals surface area contributed by atoms with Gasteiger partial charge in [-0.25, -0.2) is 4.68 Å². The number of benzene rings is 3. The molecule has 0 radical (unpaired) electrons. The molecular formula is C22H21N5. The van der Waals surface area contributed by atoms with Gasteiger partial charge in [-0.3, -0.25) is 0 Å². The molecule has 2 N–H and O–H groups in total. The van der Waals surface area contributed by atoms with E-state index in [0.717, 1.165) is 16.7 Å². The lowest BCUT2D eigenvalue weighted by atomic mass is 9.77. The highest BCUT2D eigenvalue weighted by Crippen LogP contribution is 2.41. The number of nitrogens with zero attached hydrogens (tertiary/aromatic N) is 4. The van der Waals surface area contributed by atoms with E-state index in [0.29, 0.717) is 5.82 Å². The van der Waals surface area contributed by atoms with Crippen molar-refractivity contribution in [3.05, 3.63) is 114 Å². The molecular weight excluding hydrogens is 334 g/mol. The van der Waals surface area contributed by atoms with E-state index in [1.165, 1.54) is 0 Å². The van der Waals surface area contributed by atoms with E-state index in [-0.39, 0.29) is 6.04 Å². The van der Waals surface area contributed by atoms with Crippen LogP contribution in [-0.2, 0) is 5.54 Å². The Hall–Kier alpha value is -3.31. The van der Waals surface area contributed by atoms with Crippen molar-refractivity contribution in [3.63, 3.8) is 0 Å². The van der Waals surface area contributed by atoms with Crippen LogP contribution < -0.4 is 5.73 Å². The number of tetrazole rings is 1. The average Bonchev–Trinajstić information content (AvgIpc) is 3.22. The Morgan fingerprint density at radius 3 is 1.52 bits per heavy atom. The number of rotatable bonds is 5. The van der Waals surface area contributed by atoms with Crippen molar-refractivity contribution in [1.29, 1.82) is 0 Å². The molecule has 5 heteroatoms. The molecule has 0 saturated heterocycles. The number of nitrogens with two attached hydrogens (primary N) is 1. The van der Waals surface area contributed by atoms with Gasteiger partial charge in [0.05, 0.1) is 6.04 Å². The molecule has 1 heterocycles. The van der Waals surface area contributed by atoms with Crippen LogP contribution in [0.3, 0.4) is 0 Å². The first-order valence-electron chi connectivity index (χ1n) is 8.95. The van der Waals surface area contributed by atoms with Crippen molar-refractivity contribution < 1.29 is 0 Å². The van der Waals surface area contributed by atoms with Crippen LogP contribution in [0.5, 0.6) is 0 Å². The van der Waals surface area contributed by atoms with Crippen LogP contribution >= 0.6 is 0 Å². The van der Waals surface area contributed by atoms with Gasteiger partial charge in [0.1, 0.15) is 5.54 Å². The topological polar surface area (TPSA) is 69.6 Å². The maximum absolute atomic E-state index is 6.23. The van der Waals surface area contributed by atoms with E-state index in [9.17, 15) is 0 Å². The van der Waals surface area contributed by atoms with E-state index >= 15 is 0 Å². The second-order valence-electron chi connectivity index (χ2n) is 6.55. The molecule has 5 nitrogen and oxygen atoms in total. The average molecular weight is 355 g/mol. The first-order valence-corrected chi connectivity index (χ1v) is 8.95. The van der Waals surface area contributed by atoms with E-state index in [2.05, 4.69) is 51.9 Å². The van der Waals surface area contributed by atoms with Crippen LogP contribution in [0.2, 0.25) is 0 Å². The predicted molar refractivity (Wildman–Crippen MR) is 105 cm³/mol. The molecule has 1 atom stereocenters. The fourth-order valence-corrected chi connectivity index (χ4v) is 3.62. The normalized spacial score (nSPS) is 12.7. The lowest BCUT2D eigenvalue weighted by Gasteiger charge is -2.36. The molecule has 1 aromatic heterocycles. The Morgan fingerprint density at radius 1 is 0.741 bits per heavy atom. The Kier molecular flexibility index (Phi) is 4.52. The Balaban J connectivity index is 2.15. The molecule has 0 amide bonds. The van der Waals surface area contributed by atoms with E-state index in [1.54, 1.807) is 0 Å². The van der Waals surface area contributed by atoms with E-state index < -0.39 is 5.54 Å². The maximum atomic E-state index is 6.23. The standard InChI is InChI=1S/C22H21N5/c1-17(23)21-24-25-26-27(21)22(18-11-5-2-6-12-18,19-13-7-3-8-14-19)20-15-9-4-10-16-20/h2-17H,23H2,1H3. The summed E-state index contributed by atoms with van der Waals surface area (Å²) in [6.07, 6.45) is 0. The van der Waals surface area contributed by atoms with Gasteiger partial charge < -0.3 is 5.73 Å². The minimum Gasteiger partial charge on any atom is -0.322 e. The summed E-state index contributed by atoms with van der Waals surface area (Å²) in [6, 6.07) is 30.5. The molecule has 134 valence electrons. The summed E-state index contributed by atoms with van der Waals surface area (Å²) in [5, 5.41) is 12.6. The third kappa shape index (κ3) is 2.82. The van der Waals surface area contributed by atoms with Gasteiger partial charge in [-0.1, -0.05) is 91.0 Å². The Bertz CT molecular complexity index is 898. The molecule has 27 heavy (non-hydrogen) atoms. The molecule has 0 bridgehead atoms. The molecule has 3 aromatic carbocycles. The fraction of sp³-hybridized carbons (Fsp3) is 0.136. The van der Waals surface area contributed by atoms with Crippen molar-refractivity contribution in [2.45, 2.75) is 18.5 Å². The predicted octanol–water partition coefficient (Wildman–Crippen LogP) is 3.53. The molecule has 4 rings (SSSR count). The highest BCUT2D eigenvalue weighted by molar-refractivity contribution is 5.50. The second kappa shape index (κ2) is 7.13. The SMILES string of the molecule is CC(N)c1nnnn1C(c1ccccc1)(c1ccccc1)c1ccccc1. The quantitative estimate of drug-likeness (QED) is 0.556. The summed E-state index contributed by atoms with van der Waals surface area (Å²) < 4.78 is 1.86. The monoisotopic (exact) mass is 355 g/mol. The van der Waals surface area contributed by atoms with E-state index in [4.69, 9.17) is 5.73 Å². The van der Waals surface area contributed by atoms with Crippen LogP contribution in [0, 0.1) is 0 Å². The number of aromatic nitrogens is 4. The third-order valence-corrected chi connectivity index (χ3v) is 4.79. The van der Waals surface area contributed by atoms with Gasteiger partial charge in [0, 0.05) is 0 Å². The van der Waals surface area contributed by atoms with Crippen LogP contribution in [0.4, 0.5) is 0 Å². The highest BCUT2D eigenvalue weighted by atomic mass is 15.6. The van der Waals surface area contributed by atoms with Crippen molar-refractivity contribution in [2.75, 3.05) is 0 Å². The lowest BCUT2D eigenvalue weighted by molar-refractivity contribution is 0.420. The smallest absolute Gasteiger partial charge is 0.169 e. The zero-order valence-electron chi connectivity index (χ0n) is 15.1. The summed E-state index contributed by atoms with van der Waals surface area (Å²) in [4.78, 5) is 0. The molecule has 0 aliphatic carbocycles. The summed E-state index contributed by atoms with van der Waals surface area (Å²) in [5.74, 6) is 0.631. The molecule has 0 saturated carbocycles. The van der Waals surface area contributed by atoms with Crippen LogP contribution in [0.1, 0.15) is 35.5 Å². The van der Waals surface area contributed by atoms with Crippen LogP contribution in [0.25, 0.3) is 0 Å². The van der Waals surface area contributed by atoms with Crippen LogP contribution in [-0.4, -0.2) is 20.2 Å². The zero-order chi connectivity index (χ0) is 18.7. The van der Waals surface area contributed by atoms with Crippen molar-refractivity contribution >= 4 is 0 Å². The van der Waals surface area contributed by atoms with Gasteiger partial charge in [-0.05, 0) is 34.0 Å². The third-order valence-electron chi connectivity index (χ3n) is 4.79. The summed E-state index contributed by atoms with van der Waals surface area (Å²) in [5.41, 5.74) is 8.70. The summed E-state index contributed by atoms with van der Waals surface area (Å²) >= 11 is 0. The lowest BCUT2D eigenvalue weighted by Crippen LogP contribution is -2.40. The summed E-state index contributed by atoms with van der Waals surface area (Å²) in [6.45, 7) is 1.90. The molecule has 4 aromatic rings. The van der Waals surface area contributed by atoms with Crippen molar-refractivity contribution in [1.82, 2.24) is 20.2 Å². The largest absolute Gasteiger partial charge is 0.322 e. The Morgan fingerprint density at radius 2 is 1.15 bits per heavy atom. The first-order chi connectivity index (χ1) is 13.2.